The Morgan fingerprint density at radius 3 is 2.40 bits per heavy atom. The molecular formula is C7H9BrOSi. The van der Waals surface area contributed by atoms with E-state index in [9.17, 15) is 0 Å². The van der Waals surface area contributed by atoms with Gasteiger partial charge in [-0.2, -0.15) is 0 Å². The van der Waals surface area contributed by atoms with Crippen LogP contribution in [0.15, 0.2) is 30.3 Å². The molecule has 0 radical (unpaired) electrons. The van der Waals surface area contributed by atoms with Crippen molar-refractivity contribution in [2.24, 2.45) is 0 Å². The van der Waals surface area contributed by atoms with Crippen molar-refractivity contribution < 1.29 is 4.43 Å². The summed E-state index contributed by atoms with van der Waals surface area (Å²) >= 11 is 3.40. The molecule has 0 aromatic heterocycles. The largest absolute Gasteiger partial charge is 0.412 e. The molecule has 0 aliphatic heterocycles. The van der Waals surface area contributed by atoms with Gasteiger partial charge in [0.1, 0.15) is 15.5 Å². The molecule has 10 heavy (non-hydrogen) atoms. The van der Waals surface area contributed by atoms with Gasteiger partial charge in [0, 0.05) is 0 Å². The fraction of sp³-hybridized carbons (Fsp3) is 0.143. The van der Waals surface area contributed by atoms with E-state index in [0.29, 0.717) is 0 Å². The Hall–Kier alpha value is -0.123. The first-order chi connectivity index (χ1) is 4.84. The summed E-state index contributed by atoms with van der Waals surface area (Å²) in [6.45, 7) is 0. The molecule has 0 heterocycles. The molecule has 1 nitrogen and oxygen atoms in total. The Balaban J connectivity index is 2.75. The van der Waals surface area contributed by atoms with E-state index in [-0.39, 0.29) is 5.01 Å². The summed E-state index contributed by atoms with van der Waals surface area (Å²) < 4.78 is 5.19. The highest BCUT2D eigenvalue weighted by molar-refractivity contribution is 9.09. The molecule has 1 atom stereocenters. The lowest BCUT2D eigenvalue weighted by molar-refractivity contribution is 0.333. The molecule has 3 heteroatoms. The maximum absolute atomic E-state index is 5.19. The van der Waals surface area contributed by atoms with E-state index in [2.05, 4.69) is 15.9 Å². The van der Waals surface area contributed by atoms with E-state index < -0.39 is 0 Å². The van der Waals surface area contributed by atoms with Gasteiger partial charge in [-0.25, -0.2) is 0 Å². The van der Waals surface area contributed by atoms with Crippen LogP contribution in [0.25, 0.3) is 0 Å². The summed E-state index contributed by atoms with van der Waals surface area (Å²) in [6.07, 6.45) is 0. The van der Waals surface area contributed by atoms with E-state index in [1.54, 1.807) is 0 Å². The van der Waals surface area contributed by atoms with Crippen molar-refractivity contribution in [1.29, 1.82) is 0 Å². The first-order valence-electron chi connectivity index (χ1n) is 3.06. The summed E-state index contributed by atoms with van der Waals surface area (Å²) in [5, 5.41) is 0.0837. The smallest absolute Gasteiger partial charge is 0.148 e. The third kappa shape index (κ3) is 1.93. The third-order valence-electron chi connectivity index (χ3n) is 1.27. The second-order valence-corrected chi connectivity index (χ2v) is 3.27. The molecular weight excluding hydrogens is 208 g/mol. The quantitative estimate of drug-likeness (QED) is 0.537. The van der Waals surface area contributed by atoms with Gasteiger partial charge in [-0.05, 0) is 5.56 Å². The summed E-state index contributed by atoms with van der Waals surface area (Å²) in [5.74, 6) is 0. The number of benzene rings is 1. The summed E-state index contributed by atoms with van der Waals surface area (Å²) in [5.41, 5.74) is 1.18. The van der Waals surface area contributed by atoms with Gasteiger partial charge in [0.05, 0.1) is 0 Å². The normalized spacial score (nSPS) is 13.3. The third-order valence-corrected chi connectivity index (χ3v) is 3.33. The van der Waals surface area contributed by atoms with Gasteiger partial charge >= 0.3 is 0 Å². The maximum Gasteiger partial charge on any atom is 0.148 e. The molecule has 1 aromatic carbocycles. The maximum atomic E-state index is 5.19. The highest BCUT2D eigenvalue weighted by Gasteiger charge is 2.01. The van der Waals surface area contributed by atoms with Gasteiger partial charge < -0.3 is 4.43 Å². The molecule has 0 aliphatic carbocycles. The molecule has 1 aromatic rings. The molecule has 54 valence electrons. The summed E-state index contributed by atoms with van der Waals surface area (Å²) in [4.78, 5) is 0. The molecule has 0 aliphatic rings. The average molecular weight is 217 g/mol. The Labute approximate surface area is 72.1 Å². The molecule has 1 rings (SSSR count). The lowest BCUT2D eigenvalue weighted by atomic mass is 10.2. The molecule has 1 unspecified atom stereocenters. The van der Waals surface area contributed by atoms with Crippen molar-refractivity contribution in [3.8, 4) is 0 Å². The molecule has 0 bridgehead atoms. The fourth-order valence-corrected chi connectivity index (χ4v) is 1.32. The van der Waals surface area contributed by atoms with Gasteiger partial charge in [0.15, 0.2) is 0 Å². The first-order valence-corrected chi connectivity index (χ1v) is 4.79. The lowest BCUT2D eigenvalue weighted by Crippen LogP contribution is -1.91. The van der Waals surface area contributed by atoms with Crippen LogP contribution in [0.2, 0.25) is 0 Å². The minimum absolute atomic E-state index is 0.0837. The Morgan fingerprint density at radius 2 is 1.90 bits per heavy atom. The highest BCUT2D eigenvalue weighted by Crippen LogP contribution is 2.21. The van der Waals surface area contributed by atoms with Crippen molar-refractivity contribution >= 4 is 26.4 Å². The van der Waals surface area contributed by atoms with Gasteiger partial charge in [-0.15, -0.1) is 0 Å². The lowest BCUT2D eigenvalue weighted by Gasteiger charge is -2.06. The summed E-state index contributed by atoms with van der Waals surface area (Å²) in [7, 11) is 0.761. The number of hydrogen-bond donors (Lipinski definition) is 0. The van der Waals surface area contributed by atoms with E-state index in [1.807, 2.05) is 30.3 Å². The predicted octanol–water partition coefficient (Wildman–Crippen LogP) is 1.38. The molecule has 0 saturated heterocycles. The monoisotopic (exact) mass is 216 g/mol. The molecule has 0 spiro atoms. The molecule has 0 amide bonds. The number of rotatable bonds is 2. The van der Waals surface area contributed by atoms with E-state index >= 15 is 0 Å². The second-order valence-electron chi connectivity index (χ2n) is 1.96. The van der Waals surface area contributed by atoms with Crippen molar-refractivity contribution in [3.05, 3.63) is 35.9 Å². The van der Waals surface area contributed by atoms with Gasteiger partial charge in [0.25, 0.3) is 0 Å². The van der Waals surface area contributed by atoms with Crippen LogP contribution in [0.3, 0.4) is 0 Å². The van der Waals surface area contributed by atoms with Crippen LogP contribution in [-0.2, 0) is 4.43 Å². The standard InChI is InChI=1S/C7H9BrOSi/c8-7(9-10)6-4-2-1-3-5-6/h1-5,7H,10H3. The number of halogens is 1. The van der Waals surface area contributed by atoms with Gasteiger partial charge in [-0.3, -0.25) is 0 Å². The van der Waals surface area contributed by atoms with Crippen LogP contribution >= 0.6 is 15.9 Å². The van der Waals surface area contributed by atoms with Crippen LogP contribution < -0.4 is 0 Å². The molecule has 0 N–H and O–H groups in total. The predicted molar refractivity (Wildman–Crippen MR) is 49.1 cm³/mol. The average Bonchev–Trinajstić information content (AvgIpc) is 2.05. The van der Waals surface area contributed by atoms with Crippen LogP contribution in [0.1, 0.15) is 10.6 Å². The number of alkyl halides is 1. The summed E-state index contributed by atoms with van der Waals surface area (Å²) in [6, 6.07) is 10.1. The Morgan fingerprint density at radius 1 is 1.30 bits per heavy atom. The van der Waals surface area contributed by atoms with Crippen LogP contribution in [0, 0.1) is 0 Å². The van der Waals surface area contributed by atoms with Crippen molar-refractivity contribution in [2.75, 3.05) is 0 Å². The van der Waals surface area contributed by atoms with E-state index in [1.165, 1.54) is 5.56 Å². The SMILES string of the molecule is [SiH3]OC(Br)c1ccccc1. The second kappa shape index (κ2) is 3.90. The Bertz CT molecular complexity index is 190. The molecule has 0 saturated carbocycles. The van der Waals surface area contributed by atoms with E-state index in [0.717, 1.165) is 10.5 Å². The van der Waals surface area contributed by atoms with Crippen LogP contribution in [0.4, 0.5) is 0 Å². The minimum Gasteiger partial charge on any atom is -0.412 e. The van der Waals surface area contributed by atoms with Gasteiger partial charge in [0.2, 0.25) is 0 Å². The van der Waals surface area contributed by atoms with Gasteiger partial charge in [-0.1, -0.05) is 46.3 Å². The van der Waals surface area contributed by atoms with Crippen LogP contribution in [0.5, 0.6) is 0 Å². The van der Waals surface area contributed by atoms with Crippen LogP contribution in [-0.4, -0.2) is 10.5 Å². The zero-order chi connectivity index (χ0) is 7.40. The van der Waals surface area contributed by atoms with Crippen molar-refractivity contribution in [1.82, 2.24) is 0 Å². The highest BCUT2D eigenvalue weighted by atomic mass is 79.9. The fourth-order valence-electron chi connectivity index (χ4n) is 0.740. The topological polar surface area (TPSA) is 9.23 Å². The Kier molecular flexibility index (Phi) is 3.12. The molecule has 0 fully saturated rings. The van der Waals surface area contributed by atoms with Crippen molar-refractivity contribution in [2.45, 2.75) is 5.01 Å². The van der Waals surface area contributed by atoms with Crippen molar-refractivity contribution in [3.63, 3.8) is 0 Å². The zero-order valence-electron chi connectivity index (χ0n) is 5.75. The minimum atomic E-state index is 0.0837. The zero-order valence-corrected chi connectivity index (χ0v) is 9.34. The first kappa shape index (κ1) is 7.98. The van der Waals surface area contributed by atoms with E-state index in [4.69, 9.17) is 4.43 Å². The number of hydrogen-bond acceptors (Lipinski definition) is 1.